The molecular weight excluding hydrogens is 386 g/mol. The van der Waals surface area contributed by atoms with Crippen LogP contribution in [0.5, 0.6) is 0 Å². The fourth-order valence-electron chi connectivity index (χ4n) is 5.54. The number of hydrogen-bond donors (Lipinski definition) is 2. The number of fused-ring (bicyclic) bond motifs is 1. The minimum absolute atomic E-state index is 0.1000. The van der Waals surface area contributed by atoms with E-state index in [2.05, 4.69) is 24.0 Å². The minimum Gasteiger partial charge on any atom is -0.392 e. The molecule has 3 rings (SSSR count). The Morgan fingerprint density at radius 3 is 2.81 bits per heavy atom. The predicted octanol–water partition coefficient (Wildman–Crippen LogP) is 4.47. The summed E-state index contributed by atoms with van der Waals surface area (Å²) in [6, 6.07) is 0. The third-order valence-electron chi connectivity index (χ3n) is 7.51. The zero-order valence-corrected chi connectivity index (χ0v) is 19.4. The molecule has 1 saturated heterocycles. The summed E-state index contributed by atoms with van der Waals surface area (Å²) in [4.78, 5) is 14.4. The Labute approximate surface area is 188 Å². The van der Waals surface area contributed by atoms with Crippen molar-refractivity contribution < 1.29 is 15.0 Å². The van der Waals surface area contributed by atoms with E-state index in [1.807, 2.05) is 24.8 Å². The summed E-state index contributed by atoms with van der Waals surface area (Å²) in [7, 11) is 0. The fraction of sp³-hybridized carbons (Fsp3) is 0.741. The topological polar surface area (TPSA) is 60.8 Å². The van der Waals surface area contributed by atoms with Crippen molar-refractivity contribution in [3.05, 3.63) is 23.8 Å². The molecule has 6 atom stereocenters. The number of carbonyl (C=O) groups excluding carboxylic acids is 1. The summed E-state index contributed by atoms with van der Waals surface area (Å²) in [6.45, 7) is 5.73. The van der Waals surface area contributed by atoms with Crippen LogP contribution < -0.4 is 0 Å². The first-order chi connectivity index (χ1) is 15.0. The number of carbonyl (C=O) groups is 1. The number of nitrogens with zero attached hydrogens (tertiary/aromatic N) is 1. The standard InChI is InChI=1S/C27H41NO3/c1-3-4-10-20(2)25(29)14-13-23-24-18-21(17-22(24)19-26(23)30)11-6-7-12-27(31)28-15-8-5-9-16-28/h13-14,17,20,22-26,29-30H,5-12,15-16,18-19H2,1-2H3/b14-13+/t20-,22+,23-,24+,25-,26-/m1/s1. The van der Waals surface area contributed by atoms with Gasteiger partial charge in [0.25, 0.3) is 0 Å². The van der Waals surface area contributed by atoms with Crippen LogP contribution >= 0.6 is 0 Å². The zero-order chi connectivity index (χ0) is 22.2. The molecule has 0 aromatic heterocycles. The van der Waals surface area contributed by atoms with E-state index in [9.17, 15) is 15.0 Å². The summed E-state index contributed by atoms with van der Waals surface area (Å²) < 4.78 is 0. The Morgan fingerprint density at radius 2 is 2.06 bits per heavy atom. The van der Waals surface area contributed by atoms with Gasteiger partial charge in [-0.15, -0.1) is 11.8 Å². The van der Waals surface area contributed by atoms with Crippen molar-refractivity contribution in [2.24, 2.45) is 23.7 Å². The van der Waals surface area contributed by atoms with E-state index >= 15 is 0 Å². The Kier molecular flexibility index (Phi) is 9.23. The van der Waals surface area contributed by atoms with Gasteiger partial charge in [-0.1, -0.05) is 30.7 Å². The molecule has 2 aliphatic carbocycles. The maximum absolute atomic E-state index is 12.3. The SMILES string of the molecule is CC#CC[C@@H](C)[C@H](O)/C=C/[C@@H]1[C@H]2CC(CCCCC(=O)N3CCCCC3)=C[C@H]2C[C@H]1O. The summed E-state index contributed by atoms with van der Waals surface area (Å²) >= 11 is 0. The highest BCUT2D eigenvalue weighted by Crippen LogP contribution is 2.48. The third-order valence-corrected chi connectivity index (χ3v) is 7.51. The molecule has 0 aromatic carbocycles. The average Bonchev–Trinajstić information content (AvgIpc) is 3.30. The lowest BCUT2D eigenvalue weighted by molar-refractivity contribution is -0.132. The van der Waals surface area contributed by atoms with Crippen LogP contribution in [-0.4, -0.2) is 46.3 Å². The van der Waals surface area contributed by atoms with E-state index in [1.54, 1.807) is 0 Å². The molecule has 3 aliphatic rings. The van der Waals surface area contributed by atoms with Gasteiger partial charge in [0.15, 0.2) is 0 Å². The molecule has 4 nitrogen and oxygen atoms in total. The molecule has 2 fully saturated rings. The van der Waals surface area contributed by atoms with Crippen molar-refractivity contribution in [2.75, 3.05) is 13.1 Å². The van der Waals surface area contributed by atoms with Crippen LogP contribution in [0, 0.1) is 35.5 Å². The second-order valence-electron chi connectivity index (χ2n) is 9.87. The van der Waals surface area contributed by atoms with E-state index in [-0.39, 0.29) is 17.9 Å². The first kappa shape index (κ1) is 24.1. The summed E-state index contributed by atoms with van der Waals surface area (Å²) in [5, 5.41) is 20.9. The van der Waals surface area contributed by atoms with Crippen LogP contribution in [0.1, 0.15) is 78.1 Å². The quantitative estimate of drug-likeness (QED) is 0.324. The highest BCUT2D eigenvalue weighted by Gasteiger charge is 2.43. The molecule has 0 bridgehead atoms. The average molecular weight is 428 g/mol. The number of aliphatic hydroxyl groups excluding tert-OH is 2. The van der Waals surface area contributed by atoms with Crippen molar-refractivity contribution in [3.8, 4) is 11.8 Å². The van der Waals surface area contributed by atoms with Gasteiger partial charge in [-0.2, -0.15) is 0 Å². The highest BCUT2D eigenvalue weighted by atomic mass is 16.3. The lowest BCUT2D eigenvalue weighted by atomic mass is 9.88. The van der Waals surface area contributed by atoms with Gasteiger partial charge < -0.3 is 15.1 Å². The maximum Gasteiger partial charge on any atom is 0.222 e. The van der Waals surface area contributed by atoms with Gasteiger partial charge in [-0.25, -0.2) is 0 Å². The molecule has 4 heteroatoms. The zero-order valence-electron chi connectivity index (χ0n) is 19.4. The van der Waals surface area contributed by atoms with E-state index in [4.69, 9.17) is 0 Å². The second kappa shape index (κ2) is 11.9. The van der Waals surface area contributed by atoms with Gasteiger partial charge in [-0.05, 0) is 76.0 Å². The molecule has 1 amide bonds. The number of rotatable bonds is 9. The summed E-state index contributed by atoms with van der Waals surface area (Å²) in [5.41, 5.74) is 1.50. The highest BCUT2D eigenvalue weighted by molar-refractivity contribution is 5.76. The molecule has 0 unspecified atom stereocenters. The van der Waals surface area contributed by atoms with Crippen LogP contribution in [-0.2, 0) is 4.79 Å². The third kappa shape index (κ3) is 6.70. The van der Waals surface area contributed by atoms with Crippen molar-refractivity contribution >= 4 is 5.91 Å². The van der Waals surface area contributed by atoms with Gasteiger partial charge in [-0.3, -0.25) is 4.79 Å². The number of unbranched alkanes of at least 4 members (excludes halogenated alkanes) is 1. The first-order valence-corrected chi connectivity index (χ1v) is 12.4. The molecular formula is C27H41NO3. The number of likely N-dealkylation sites (tertiary alicyclic amines) is 1. The monoisotopic (exact) mass is 427 g/mol. The summed E-state index contributed by atoms with van der Waals surface area (Å²) in [6.07, 6.45) is 15.4. The van der Waals surface area contributed by atoms with E-state index in [1.165, 1.54) is 12.0 Å². The molecule has 172 valence electrons. The minimum atomic E-state index is -0.515. The van der Waals surface area contributed by atoms with Crippen molar-refractivity contribution in [1.82, 2.24) is 4.90 Å². The number of aliphatic hydroxyl groups is 2. The molecule has 2 N–H and O–H groups in total. The van der Waals surface area contributed by atoms with Crippen molar-refractivity contribution in [2.45, 2.75) is 90.3 Å². The smallest absolute Gasteiger partial charge is 0.222 e. The molecule has 1 saturated carbocycles. The lowest BCUT2D eigenvalue weighted by Gasteiger charge is -2.26. The lowest BCUT2D eigenvalue weighted by Crippen LogP contribution is -2.35. The Bertz CT molecular complexity index is 710. The maximum atomic E-state index is 12.3. The van der Waals surface area contributed by atoms with Crippen LogP contribution in [0.2, 0.25) is 0 Å². The number of allylic oxidation sites excluding steroid dienone is 2. The van der Waals surface area contributed by atoms with Gasteiger partial charge in [0.1, 0.15) is 0 Å². The molecule has 31 heavy (non-hydrogen) atoms. The van der Waals surface area contributed by atoms with E-state index in [0.29, 0.717) is 30.6 Å². The predicted molar refractivity (Wildman–Crippen MR) is 125 cm³/mol. The number of hydrogen-bond acceptors (Lipinski definition) is 3. The van der Waals surface area contributed by atoms with Crippen LogP contribution in [0.25, 0.3) is 0 Å². The fourth-order valence-corrected chi connectivity index (χ4v) is 5.54. The molecule has 0 aromatic rings. The Hall–Kier alpha value is -1.57. The first-order valence-electron chi connectivity index (χ1n) is 12.4. The van der Waals surface area contributed by atoms with Gasteiger partial charge >= 0.3 is 0 Å². The van der Waals surface area contributed by atoms with Crippen LogP contribution in [0.3, 0.4) is 0 Å². The summed E-state index contributed by atoms with van der Waals surface area (Å²) in [5.74, 6) is 7.38. The van der Waals surface area contributed by atoms with E-state index < -0.39 is 6.10 Å². The Morgan fingerprint density at radius 1 is 1.29 bits per heavy atom. The van der Waals surface area contributed by atoms with Gasteiger partial charge in [0, 0.05) is 31.8 Å². The molecule has 1 heterocycles. The molecule has 1 aliphatic heterocycles. The van der Waals surface area contributed by atoms with Crippen molar-refractivity contribution in [1.29, 1.82) is 0 Å². The Balaban J connectivity index is 1.41. The molecule has 0 spiro atoms. The normalized spacial score (nSPS) is 29.9. The van der Waals surface area contributed by atoms with Gasteiger partial charge in [0.05, 0.1) is 12.2 Å². The van der Waals surface area contributed by atoms with Crippen LogP contribution in [0.4, 0.5) is 0 Å². The van der Waals surface area contributed by atoms with Crippen LogP contribution in [0.15, 0.2) is 23.8 Å². The molecule has 0 radical (unpaired) electrons. The largest absolute Gasteiger partial charge is 0.392 e. The number of amides is 1. The second-order valence-corrected chi connectivity index (χ2v) is 9.87. The number of piperidine rings is 1. The van der Waals surface area contributed by atoms with Gasteiger partial charge in [0.2, 0.25) is 5.91 Å². The van der Waals surface area contributed by atoms with Crippen molar-refractivity contribution in [3.63, 3.8) is 0 Å². The van der Waals surface area contributed by atoms with E-state index in [0.717, 1.165) is 58.0 Å².